The Balaban J connectivity index is 2.76. The predicted octanol–water partition coefficient (Wildman–Crippen LogP) is 3.70. The van der Waals surface area contributed by atoms with Crippen LogP contribution in [0.25, 0.3) is 0 Å². The Morgan fingerprint density at radius 1 is 1.27 bits per heavy atom. The Labute approximate surface area is 144 Å². The van der Waals surface area contributed by atoms with E-state index >= 15 is 0 Å². The second-order valence-corrected chi connectivity index (χ2v) is 8.57. The van der Waals surface area contributed by atoms with Crippen LogP contribution >= 0.6 is 27.7 Å². The van der Waals surface area contributed by atoms with Gasteiger partial charge in [-0.15, -0.1) is 11.8 Å². The van der Waals surface area contributed by atoms with Gasteiger partial charge in [0, 0.05) is 9.22 Å². The van der Waals surface area contributed by atoms with Crippen molar-refractivity contribution < 1.29 is 14.3 Å². The summed E-state index contributed by atoms with van der Waals surface area (Å²) in [4.78, 5) is 23.7. The van der Waals surface area contributed by atoms with Crippen molar-refractivity contribution in [1.82, 2.24) is 5.32 Å². The first-order chi connectivity index (χ1) is 10.2. The average molecular weight is 388 g/mol. The van der Waals surface area contributed by atoms with Gasteiger partial charge in [-0.05, 0) is 17.7 Å². The minimum atomic E-state index is -0.381. The molecule has 0 heterocycles. The average Bonchev–Trinajstić information content (AvgIpc) is 2.44. The van der Waals surface area contributed by atoms with E-state index in [1.807, 2.05) is 24.3 Å². The first-order valence-corrected chi connectivity index (χ1v) is 8.75. The van der Waals surface area contributed by atoms with E-state index in [9.17, 15) is 9.59 Å². The maximum absolute atomic E-state index is 12.1. The fourth-order valence-electron chi connectivity index (χ4n) is 1.72. The van der Waals surface area contributed by atoms with Crippen molar-refractivity contribution in [2.45, 2.75) is 38.0 Å². The van der Waals surface area contributed by atoms with Crippen molar-refractivity contribution in [3.63, 3.8) is 0 Å². The van der Waals surface area contributed by atoms with Crippen molar-refractivity contribution in [2.24, 2.45) is 0 Å². The normalized spacial score (nSPS) is 12.6. The quantitative estimate of drug-likeness (QED) is 0.755. The molecular weight excluding hydrogens is 366 g/mol. The van der Waals surface area contributed by atoms with E-state index in [0.29, 0.717) is 5.75 Å². The van der Waals surface area contributed by atoms with Crippen molar-refractivity contribution in [3.05, 3.63) is 34.3 Å². The van der Waals surface area contributed by atoms with Crippen molar-refractivity contribution in [2.75, 3.05) is 12.9 Å². The van der Waals surface area contributed by atoms with E-state index in [1.165, 1.54) is 7.11 Å². The number of hydrogen-bond donors (Lipinski definition) is 1. The zero-order valence-corrected chi connectivity index (χ0v) is 15.7. The molecule has 122 valence electrons. The molecule has 0 aliphatic carbocycles. The topological polar surface area (TPSA) is 55.4 Å². The van der Waals surface area contributed by atoms with Gasteiger partial charge in [0.05, 0.1) is 25.3 Å². The minimum Gasteiger partial charge on any atom is -0.469 e. The number of esters is 1. The molecule has 0 fully saturated rings. The lowest BCUT2D eigenvalue weighted by atomic mass is 10.0. The Bertz CT molecular complexity index is 511. The monoisotopic (exact) mass is 387 g/mol. The summed E-state index contributed by atoms with van der Waals surface area (Å²) in [6.45, 7) is 6.18. The standard InChI is InChI=1S/C16H22BrNO3S/c1-16(2,3)22-10-14(19)18-13(9-15(20)21-4)11-5-7-12(17)8-6-11/h5-8,13H,9-10H2,1-4H3,(H,18,19). The van der Waals surface area contributed by atoms with Crippen LogP contribution in [0.15, 0.2) is 28.7 Å². The summed E-state index contributed by atoms with van der Waals surface area (Å²) < 4.78 is 5.68. The number of hydrogen-bond acceptors (Lipinski definition) is 4. The molecule has 6 heteroatoms. The first kappa shape index (κ1) is 19.0. The van der Waals surface area contributed by atoms with Gasteiger partial charge in [-0.3, -0.25) is 9.59 Å². The van der Waals surface area contributed by atoms with Crippen LogP contribution in [0, 0.1) is 0 Å². The molecule has 22 heavy (non-hydrogen) atoms. The summed E-state index contributed by atoms with van der Waals surface area (Å²) in [6.07, 6.45) is 0.115. The fraction of sp³-hybridized carbons (Fsp3) is 0.500. The van der Waals surface area contributed by atoms with Gasteiger partial charge in [-0.25, -0.2) is 0 Å². The maximum Gasteiger partial charge on any atom is 0.307 e. The summed E-state index contributed by atoms with van der Waals surface area (Å²) in [5.41, 5.74) is 0.878. The van der Waals surface area contributed by atoms with Crippen LogP contribution in [0.3, 0.4) is 0 Å². The van der Waals surface area contributed by atoms with Gasteiger partial charge in [0.15, 0.2) is 0 Å². The second-order valence-electron chi connectivity index (χ2n) is 5.85. The number of benzene rings is 1. The second kappa shape index (κ2) is 8.58. The molecule has 1 rings (SSSR count). The zero-order chi connectivity index (χ0) is 16.8. The van der Waals surface area contributed by atoms with E-state index in [2.05, 4.69) is 42.0 Å². The molecular formula is C16H22BrNO3S. The number of halogens is 1. The molecule has 0 saturated carbocycles. The maximum atomic E-state index is 12.1. The highest BCUT2D eigenvalue weighted by atomic mass is 79.9. The van der Waals surface area contributed by atoms with Crippen LogP contribution in [-0.4, -0.2) is 29.5 Å². The molecule has 4 nitrogen and oxygen atoms in total. The zero-order valence-electron chi connectivity index (χ0n) is 13.3. The predicted molar refractivity (Wildman–Crippen MR) is 93.9 cm³/mol. The van der Waals surface area contributed by atoms with Crippen LogP contribution in [0.1, 0.15) is 38.8 Å². The highest BCUT2D eigenvalue weighted by molar-refractivity contribution is 9.10. The van der Waals surface area contributed by atoms with Crippen molar-refractivity contribution >= 4 is 39.6 Å². The molecule has 0 aliphatic heterocycles. The van der Waals surface area contributed by atoms with E-state index < -0.39 is 0 Å². The summed E-state index contributed by atoms with van der Waals surface area (Å²) in [5.74, 6) is -0.0778. The highest BCUT2D eigenvalue weighted by Crippen LogP contribution is 2.24. The summed E-state index contributed by atoms with van der Waals surface area (Å²) >= 11 is 4.94. The van der Waals surface area contributed by atoms with Crippen LogP contribution in [0.5, 0.6) is 0 Å². The molecule has 1 aromatic carbocycles. The van der Waals surface area contributed by atoms with E-state index in [-0.39, 0.29) is 29.1 Å². The van der Waals surface area contributed by atoms with E-state index in [4.69, 9.17) is 4.74 Å². The van der Waals surface area contributed by atoms with Gasteiger partial charge >= 0.3 is 5.97 Å². The lowest BCUT2D eigenvalue weighted by molar-refractivity contribution is -0.141. The summed E-state index contributed by atoms with van der Waals surface area (Å²) in [6, 6.07) is 7.16. The molecule has 0 bridgehead atoms. The summed E-state index contributed by atoms with van der Waals surface area (Å²) in [5, 5.41) is 2.91. The van der Waals surface area contributed by atoms with Crippen LogP contribution < -0.4 is 5.32 Å². The number of nitrogens with one attached hydrogen (secondary N) is 1. The van der Waals surface area contributed by atoms with Crippen molar-refractivity contribution in [3.8, 4) is 0 Å². The molecule has 0 radical (unpaired) electrons. The number of thioether (sulfide) groups is 1. The molecule has 0 spiro atoms. The third-order valence-electron chi connectivity index (χ3n) is 2.84. The molecule has 1 atom stereocenters. The largest absolute Gasteiger partial charge is 0.469 e. The SMILES string of the molecule is COC(=O)CC(NC(=O)CSC(C)(C)C)c1ccc(Br)cc1. The number of carbonyl (C=O) groups is 2. The van der Waals surface area contributed by atoms with Gasteiger partial charge < -0.3 is 10.1 Å². The molecule has 1 unspecified atom stereocenters. The van der Waals surface area contributed by atoms with Gasteiger partial charge in [-0.2, -0.15) is 0 Å². The number of rotatable bonds is 6. The first-order valence-electron chi connectivity index (χ1n) is 6.97. The third kappa shape index (κ3) is 7.31. The smallest absolute Gasteiger partial charge is 0.307 e. The van der Waals surface area contributed by atoms with Crippen molar-refractivity contribution in [1.29, 1.82) is 0 Å². The van der Waals surface area contributed by atoms with Gasteiger partial charge in [0.2, 0.25) is 5.91 Å². The number of ether oxygens (including phenoxy) is 1. The minimum absolute atomic E-state index is 0.0206. The van der Waals surface area contributed by atoms with Gasteiger partial charge in [0.1, 0.15) is 0 Å². The Morgan fingerprint density at radius 3 is 2.36 bits per heavy atom. The fourth-order valence-corrected chi connectivity index (χ4v) is 2.63. The van der Waals surface area contributed by atoms with Crippen LogP contribution in [0.2, 0.25) is 0 Å². The molecule has 1 aromatic rings. The van der Waals surface area contributed by atoms with E-state index in [0.717, 1.165) is 10.0 Å². The Kier molecular flexibility index (Phi) is 7.42. The number of carbonyl (C=O) groups excluding carboxylic acids is 2. The molecule has 0 aromatic heterocycles. The lowest BCUT2D eigenvalue weighted by Crippen LogP contribution is -2.32. The third-order valence-corrected chi connectivity index (χ3v) is 4.64. The molecule has 0 aliphatic rings. The number of amides is 1. The molecule has 0 saturated heterocycles. The summed E-state index contributed by atoms with van der Waals surface area (Å²) in [7, 11) is 1.35. The number of methoxy groups -OCH3 is 1. The van der Waals surface area contributed by atoms with Gasteiger partial charge in [0.25, 0.3) is 0 Å². The highest BCUT2D eigenvalue weighted by Gasteiger charge is 2.20. The van der Waals surface area contributed by atoms with E-state index in [1.54, 1.807) is 11.8 Å². The molecule has 1 N–H and O–H groups in total. The lowest BCUT2D eigenvalue weighted by Gasteiger charge is -2.21. The Hall–Kier alpha value is -1.01. The van der Waals surface area contributed by atoms with Crippen LogP contribution in [-0.2, 0) is 14.3 Å². The Morgan fingerprint density at radius 2 is 1.86 bits per heavy atom. The van der Waals surface area contributed by atoms with Crippen LogP contribution in [0.4, 0.5) is 0 Å². The van der Waals surface area contributed by atoms with Gasteiger partial charge in [-0.1, -0.05) is 48.8 Å². The molecule has 1 amide bonds.